The SMILES string of the molecule is OC(COc1cccc(CNCc2cc(-c3ccccc3)n[nH]2)c1)CN1CCOCC1. The van der Waals surface area contributed by atoms with Gasteiger partial charge in [-0.05, 0) is 23.8 Å². The van der Waals surface area contributed by atoms with Crippen molar-refractivity contribution in [2.75, 3.05) is 39.5 Å². The topological polar surface area (TPSA) is 82.6 Å². The zero-order valence-electron chi connectivity index (χ0n) is 17.7. The molecule has 0 aliphatic carbocycles. The highest BCUT2D eigenvalue weighted by atomic mass is 16.5. The minimum atomic E-state index is -0.515. The number of benzene rings is 2. The second-order valence-electron chi connectivity index (χ2n) is 7.77. The van der Waals surface area contributed by atoms with E-state index in [0.29, 0.717) is 19.6 Å². The van der Waals surface area contributed by atoms with Crippen LogP contribution in [0.4, 0.5) is 0 Å². The van der Waals surface area contributed by atoms with Crippen molar-refractivity contribution in [1.29, 1.82) is 0 Å². The third-order valence-corrected chi connectivity index (χ3v) is 5.26. The lowest BCUT2D eigenvalue weighted by Gasteiger charge is -2.28. The number of rotatable bonds is 10. The number of morpholine rings is 1. The zero-order valence-corrected chi connectivity index (χ0v) is 17.7. The molecule has 0 amide bonds. The van der Waals surface area contributed by atoms with Crippen molar-refractivity contribution in [2.45, 2.75) is 19.2 Å². The molecule has 1 aromatic heterocycles. The standard InChI is InChI=1S/C24H30N4O3/c29-22(17-28-9-11-30-12-10-28)18-31-23-8-4-5-19(13-23)15-25-16-21-14-24(27-26-21)20-6-2-1-3-7-20/h1-8,13-14,22,25,29H,9-12,15-18H2,(H,26,27). The number of nitrogens with one attached hydrogen (secondary N) is 2. The van der Waals surface area contributed by atoms with Crippen LogP contribution in [0.25, 0.3) is 11.3 Å². The van der Waals surface area contributed by atoms with E-state index in [2.05, 4.69) is 44.7 Å². The summed E-state index contributed by atoms with van der Waals surface area (Å²) in [6.07, 6.45) is -0.515. The van der Waals surface area contributed by atoms with E-state index in [1.807, 2.05) is 36.4 Å². The van der Waals surface area contributed by atoms with E-state index in [0.717, 1.165) is 54.6 Å². The van der Waals surface area contributed by atoms with E-state index in [1.54, 1.807) is 0 Å². The first kappa shape index (κ1) is 21.5. The molecule has 7 nitrogen and oxygen atoms in total. The molecule has 1 saturated heterocycles. The molecule has 1 aliphatic heterocycles. The maximum atomic E-state index is 10.3. The molecule has 0 bridgehead atoms. The summed E-state index contributed by atoms with van der Waals surface area (Å²) in [5.41, 5.74) is 4.22. The minimum absolute atomic E-state index is 0.282. The van der Waals surface area contributed by atoms with E-state index in [-0.39, 0.29) is 6.61 Å². The second kappa shape index (κ2) is 11.1. The summed E-state index contributed by atoms with van der Waals surface area (Å²) < 4.78 is 11.2. The first-order valence-corrected chi connectivity index (χ1v) is 10.8. The molecule has 1 unspecified atom stereocenters. The van der Waals surface area contributed by atoms with Crippen molar-refractivity contribution in [3.63, 3.8) is 0 Å². The highest BCUT2D eigenvalue weighted by Gasteiger charge is 2.15. The average molecular weight is 423 g/mol. The van der Waals surface area contributed by atoms with Crippen molar-refractivity contribution in [1.82, 2.24) is 20.4 Å². The average Bonchev–Trinajstić information content (AvgIpc) is 3.28. The summed E-state index contributed by atoms with van der Waals surface area (Å²) >= 11 is 0. The van der Waals surface area contributed by atoms with Crippen LogP contribution in [0.15, 0.2) is 60.7 Å². The van der Waals surface area contributed by atoms with Gasteiger partial charge >= 0.3 is 0 Å². The van der Waals surface area contributed by atoms with E-state index >= 15 is 0 Å². The Hall–Kier alpha value is -2.71. The number of aromatic nitrogens is 2. The van der Waals surface area contributed by atoms with Gasteiger partial charge in [-0.3, -0.25) is 10.00 Å². The van der Waals surface area contributed by atoms with Gasteiger partial charge in [0, 0.05) is 44.0 Å². The van der Waals surface area contributed by atoms with Crippen molar-refractivity contribution in [3.8, 4) is 17.0 Å². The van der Waals surface area contributed by atoms with Crippen LogP contribution in [0.3, 0.4) is 0 Å². The maximum absolute atomic E-state index is 10.3. The molecule has 1 atom stereocenters. The second-order valence-corrected chi connectivity index (χ2v) is 7.77. The monoisotopic (exact) mass is 422 g/mol. The molecule has 7 heteroatoms. The minimum Gasteiger partial charge on any atom is -0.491 e. The number of aromatic amines is 1. The van der Waals surface area contributed by atoms with Crippen LogP contribution in [0.5, 0.6) is 5.75 Å². The summed E-state index contributed by atoms with van der Waals surface area (Å²) in [7, 11) is 0. The molecule has 2 aromatic carbocycles. The Labute approximate surface area is 183 Å². The van der Waals surface area contributed by atoms with E-state index in [9.17, 15) is 5.11 Å². The fourth-order valence-electron chi connectivity index (χ4n) is 3.62. The van der Waals surface area contributed by atoms with Crippen LogP contribution >= 0.6 is 0 Å². The van der Waals surface area contributed by atoms with Gasteiger partial charge < -0.3 is 19.9 Å². The van der Waals surface area contributed by atoms with Gasteiger partial charge in [-0.25, -0.2) is 0 Å². The molecule has 1 aliphatic rings. The van der Waals surface area contributed by atoms with Crippen LogP contribution in [-0.2, 0) is 17.8 Å². The van der Waals surface area contributed by atoms with Crippen molar-refractivity contribution in [2.24, 2.45) is 0 Å². The molecule has 1 fully saturated rings. The van der Waals surface area contributed by atoms with Gasteiger partial charge in [0.15, 0.2) is 0 Å². The first-order chi connectivity index (χ1) is 15.3. The Balaban J connectivity index is 1.21. The summed E-state index contributed by atoms with van der Waals surface area (Å²) in [4.78, 5) is 2.20. The third kappa shape index (κ3) is 6.63. The van der Waals surface area contributed by atoms with Crippen LogP contribution in [0.2, 0.25) is 0 Å². The maximum Gasteiger partial charge on any atom is 0.119 e. The Kier molecular flexibility index (Phi) is 7.68. The molecule has 0 spiro atoms. The number of aliphatic hydroxyl groups excluding tert-OH is 1. The molecule has 2 heterocycles. The Morgan fingerprint density at radius 2 is 1.90 bits per heavy atom. The van der Waals surface area contributed by atoms with Gasteiger partial charge in [-0.1, -0.05) is 42.5 Å². The fourth-order valence-corrected chi connectivity index (χ4v) is 3.62. The summed E-state index contributed by atoms with van der Waals surface area (Å²) in [6.45, 7) is 5.49. The molecule has 0 radical (unpaired) electrons. The fraction of sp³-hybridized carbons (Fsp3) is 0.375. The zero-order chi connectivity index (χ0) is 21.3. The van der Waals surface area contributed by atoms with E-state index in [1.165, 1.54) is 0 Å². The molecule has 31 heavy (non-hydrogen) atoms. The Morgan fingerprint density at radius 1 is 1.06 bits per heavy atom. The van der Waals surface area contributed by atoms with E-state index in [4.69, 9.17) is 9.47 Å². The predicted octanol–water partition coefficient (Wildman–Crippen LogP) is 2.44. The first-order valence-electron chi connectivity index (χ1n) is 10.8. The summed E-state index contributed by atoms with van der Waals surface area (Å²) in [5, 5.41) is 21.2. The quantitative estimate of drug-likeness (QED) is 0.466. The number of aliphatic hydroxyl groups is 1. The highest BCUT2D eigenvalue weighted by Crippen LogP contribution is 2.17. The molecular formula is C24H30N4O3. The van der Waals surface area contributed by atoms with Crippen LogP contribution in [0.1, 0.15) is 11.3 Å². The lowest BCUT2D eigenvalue weighted by molar-refractivity contribution is 0.00465. The molecule has 4 rings (SSSR count). The number of β-amino-alcohol motifs (C(OH)–C–C–N with tert-alkyl or cyclic N) is 1. The largest absolute Gasteiger partial charge is 0.491 e. The van der Waals surface area contributed by atoms with Crippen molar-refractivity contribution >= 4 is 0 Å². The summed E-state index contributed by atoms with van der Waals surface area (Å²) in [6, 6.07) is 20.2. The van der Waals surface area contributed by atoms with Crippen LogP contribution in [-0.4, -0.2) is 65.8 Å². The summed E-state index contributed by atoms with van der Waals surface area (Å²) in [5.74, 6) is 0.772. The molecule has 0 saturated carbocycles. The van der Waals surface area contributed by atoms with Gasteiger partial charge in [0.1, 0.15) is 18.5 Å². The number of nitrogens with zero attached hydrogens (tertiary/aromatic N) is 2. The number of ether oxygens (including phenoxy) is 2. The Bertz CT molecular complexity index is 925. The number of hydrogen-bond donors (Lipinski definition) is 3. The molecule has 3 aromatic rings. The smallest absolute Gasteiger partial charge is 0.119 e. The highest BCUT2D eigenvalue weighted by molar-refractivity contribution is 5.58. The van der Waals surface area contributed by atoms with Crippen LogP contribution < -0.4 is 10.1 Å². The van der Waals surface area contributed by atoms with Crippen molar-refractivity contribution in [3.05, 3.63) is 71.9 Å². The normalized spacial score (nSPS) is 15.6. The Morgan fingerprint density at radius 3 is 2.74 bits per heavy atom. The molecule has 3 N–H and O–H groups in total. The van der Waals surface area contributed by atoms with Gasteiger partial charge in [-0.15, -0.1) is 0 Å². The molecular weight excluding hydrogens is 392 g/mol. The van der Waals surface area contributed by atoms with E-state index < -0.39 is 6.10 Å². The van der Waals surface area contributed by atoms with Gasteiger partial charge in [0.2, 0.25) is 0 Å². The lowest BCUT2D eigenvalue weighted by Crippen LogP contribution is -2.42. The van der Waals surface area contributed by atoms with Gasteiger partial charge in [-0.2, -0.15) is 5.10 Å². The van der Waals surface area contributed by atoms with Gasteiger partial charge in [0.25, 0.3) is 0 Å². The number of hydrogen-bond acceptors (Lipinski definition) is 6. The van der Waals surface area contributed by atoms with Crippen molar-refractivity contribution < 1.29 is 14.6 Å². The molecule has 164 valence electrons. The van der Waals surface area contributed by atoms with Crippen LogP contribution in [0, 0.1) is 0 Å². The van der Waals surface area contributed by atoms with Gasteiger partial charge in [0.05, 0.1) is 18.9 Å². The third-order valence-electron chi connectivity index (χ3n) is 5.26. The number of H-pyrrole nitrogens is 1. The predicted molar refractivity (Wildman–Crippen MR) is 120 cm³/mol. The lowest BCUT2D eigenvalue weighted by atomic mass is 10.1.